The summed E-state index contributed by atoms with van der Waals surface area (Å²) < 4.78 is 0. The molecule has 1 aromatic carbocycles. The molecule has 0 aliphatic heterocycles. The molecule has 0 amide bonds. The summed E-state index contributed by atoms with van der Waals surface area (Å²) in [4.78, 5) is 0. The molecular weight excluding hydrogens is 218 g/mol. The molecule has 1 nitrogen and oxygen atoms in total. The van der Waals surface area contributed by atoms with Crippen LogP contribution in [0, 0.1) is 5.41 Å². The highest BCUT2D eigenvalue weighted by Crippen LogP contribution is 2.23. The molecule has 0 radical (unpaired) electrons. The van der Waals surface area contributed by atoms with E-state index in [-0.39, 0.29) is 0 Å². The van der Waals surface area contributed by atoms with Gasteiger partial charge in [0.15, 0.2) is 0 Å². The lowest BCUT2D eigenvalue weighted by Crippen LogP contribution is -2.32. The first kappa shape index (κ1) is 15.2. The van der Waals surface area contributed by atoms with E-state index in [2.05, 4.69) is 63.3 Å². The number of hydrogen-bond donors (Lipinski definition) is 1. The SMILES string of the molecule is CCCCC(NCC(C)(C)CC)c1ccccc1. The lowest BCUT2D eigenvalue weighted by Gasteiger charge is -2.27. The van der Waals surface area contributed by atoms with E-state index in [9.17, 15) is 0 Å². The summed E-state index contributed by atoms with van der Waals surface area (Å²) in [6.07, 6.45) is 5.01. The average Bonchev–Trinajstić information content (AvgIpc) is 2.40. The van der Waals surface area contributed by atoms with Crippen molar-refractivity contribution in [3.05, 3.63) is 35.9 Å². The summed E-state index contributed by atoms with van der Waals surface area (Å²) in [5.41, 5.74) is 1.82. The molecule has 1 rings (SSSR count). The van der Waals surface area contributed by atoms with E-state index in [1.165, 1.54) is 31.2 Å². The van der Waals surface area contributed by atoms with E-state index in [4.69, 9.17) is 0 Å². The maximum absolute atomic E-state index is 3.76. The molecule has 0 heterocycles. The molecule has 0 fully saturated rings. The zero-order valence-electron chi connectivity index (χ0n) is 12.5. The van der Waals surface area contributed by atoms with E-state index in [0.717, 1.165) is 6.54 Å². The molecule has 1 N–H and O–H groups in total. The van der Waals surface area contributed by atoms with Crippen molar-refractivity contribution in [1.29, 1.82) is 0 Å². The first-order valence-electron chi connectivity index (χ1n) is 7.37. The lowest BCUT2D eigenvalue weighted by atomic mass is 9.89. The Kier molecular flexibility index (Phi) is 6.42. The number of benzene rings is 1. The molecule has 0 aliphatic rings. The normalized spacial score (nSPS) is 13.6. The molecule has 18 heavy (non-hydrogen) atoms. The van der Waals surface area contributed by atoms with Crippen molar-refractivity contribution in [3.63, 3.8) is 0 Å². The van der Waals surface area contributed by atoms with Crippen LogP contribution in [0.15, 0.2) is 30.3 Å². The summed E-state index contributed by atoms with van der Waals surface area (Å²) in [5, 5.41) is 3.76. The molecule has 1 unspecified atom stereocenters. The van der Waals surface area contributed by atoms with Crippen LogP contribution in [0.25, 0.3) is 0 Å². The van der Waals surface area contributed by atoms with Crippen LogP contribution < -0.4 is 5.32 Å². The summed E-state index contributed by atoms with van der Waals surface area (Å²) in [7, 11) is 0. The summed E-state index contributed by atoms with van der Waals surface area (Å²) in [6, 6.07) is 11.4. The Balaban J connectivity index is 2.62. The van der Waals surface area contributed by atoms with Crippen LogP contribution in [0.2, 0.25) is 0 Å². The van der Waals surface area contributed by atoms with Gasteiger partial charge < -0.3 is 5.32 Å². The first-order valence-corrected chi connectivity index (χ1v) is 7.37. The highest BCUT2D eigenvalue weighted by atomic mass is 14.9. The van der Waals surface area contributed by atoms with Crippen LogP contribution in [-0.4, -0.2) is 6.54 Å². The van der Waals surface area contributed by atoms with E-state index < -0.39 is 0 Å². The van der Waals surface area contributed by atoms with Gasteiger partial charge in [-0.2, -0.15) is 0 Å². The number of unbranched alkanes of at least 4 members (excludes halogenated alkanes) is 1. The average molecular weight is 247 g/mol. The Labute approximate surface area is 113 Å². The number of rotatable bonds is 8. The molecule has 0 bridgehead atoms. The van der Waals surface area contributed by atoms with Crippen LogP contribution in [0.3, 0.4) is 0 Å². The third-order valence-electron chi connectivity index (χ3n) is 3.83. The van der Waals surface area contributed by atoms with Crippen LogP contribution in [0.1, 0.15) is 65.0 Å². The Morgan fingerprint density at radius 2 is 1.78 bits per heavy atom. The summed E-state index contributed by atoms with van der Waals surface area (Å²) in [6.45, 7) is 10.3. The van der Waals surface area contributed by atoms with Gasteiger partial charge in [0.2, 0.25) is 0 Å². The highest BCUT2D eigenvalue weighted by Gasteiger charge is 2.18. The molecule has 0 aromatic heterocycles. The maximum Gasteiger partial charge on any atom is 0.0320 e. The summed E-state index contributed by atoms with van der Waals surface area (Å²) >= 11 is 0. The van der Waals surface area contributed by atoms with Crippen molar-refractivity contribution in [2.75, 3.05) is 6.54 Å². The molecular formula is C17H29N. The van der Waals surface area contributed by atoms with Crippen molar-refractivity contribution >= 4 is 0 Å². The molecule has 0 saturated heterocycles. The monoisotopic (exact) mass is 247 g/mol. The minimum atomic E-state index is 0.388. The minimum absolute atomic E-state index is 0.388. The Morgan fingerprint density at radius 3 is 2.33 bits per heavy atom. The van der Waals surface area contributed by atoms with Crippen LogP contribution in [0.5, 0.6) is 0 Å². The summed E-state index contributed by atoms with van der Waals surface area (Å²) in [5.74, 6) is 0. The standard InChI is InChI=1S/C17H29N/c1-5-7-13-16(15-11-9-8-10-12-15)18-14-17(3,4)6-2/h8-12,16,18H,5-7,13-14H2,1-4H3. The minimum Gasteiger partial charge on any atom is -0.309 e. The van der Waals surface area contributed by atoms with Gasteiger partial charge >= 0.3 is 0 Å². The van der Waals surface area contributed by atoms with Gasteiger partial charge in [-0.1, -0.05) is 70.9 Å². The van der Waals surface area contributed by atoms with Gasteiger partial charge in [0.1, 0.15) is 0 Å². The van der Waals surface area contributed by atoms with E-state index in [1.54, 1.807) is 0 Å². The molecule has 1 heteroatoms. The smallest absolute Gasteiger partial charge is 0.0320 e. The quantitative estimate of drug-likeness (QED) is 0.686. The van der Waals surface area contributed by atoms with E-state index in [1.807, 2.05) is 0 Å². The van der Waals surface area contributed by atoms with Crippen LogP contribution in [-0.2, 0) is 0 Å². The highest BCUT2D eigenvalue weighted by molar-refractivity contribution is 5.18. The lowest BCUT2D eigenvalue weighted by molar-refractivity contribution is 0.303. The Bertz CT molecular complexity index is 316. The van der Waals surface area contributed by atoms with Gasteiger partial charge in [0.05, 0.1) is 0 Å². The largest absolute Gasteiger partial charge is 0.309 e. The molecule has 0 spiro atoms. The fourth-order valence-electron chi connectivity index (χ4n) is 2.00. The van der Waals surface area contributed by atoms with E-state index >= 15 is 0 Å². The second-order valence-electron chi connectivity index (χ2n) is 6.00. The molecule has 102 valence electrons. The van der Waals surface area contributed by atoms with Gasteiger partial charge in [0.25, 0.3) is 0 Å². The third kappa shape index (κ3) is 5.22. The van der Waals surface area contributed by atoms with Crippen LogP contribution in [0.4, 0.5) is 0 Å². The van der Waals surface area contributed by atoms with Gasteiger partial charge in [-0.25, -0.2) is 0 Å². The van der Waals surface area contributed by atoms with Crippen molar-refractivity contribution in [2.24, 2.45) is 5.41 Å². The van der Waals surface area contributed by atoms with Gasteiger partial charge in [-0.05, 0) is 23.8 Å². The van der Waals surface area contributed by atoms with Crippen molar-refractivity contribution in [3.8, 4) is 0 Å². The zero-order valence-corrected chi connectivity index (χ0v) is 12.5. The van der Waals surface area contributed by atoms with Crippen molar-refractivity contribution < 1.29 is 0 Å². The fourth-order valence-corrected chi connectivity index (χ4v) is 2.00. The molecule has 0 saturated carbocycles. The molecule has 1 atom stereocenters. The molecule has 0 aliphatic carbocycles. The van der Waals surface area contributed by atoms with Gasteiger partial charge in [-0.15, -0.1) is 0 Å². The first-order chi connectivity index (χ1) is 8.59. The fraction of sp³-hybridized carbons (Fsp3) is 0.647. The van der Waals surface area contributed by atoms with Gasteiger partial charge in [-0.3, -0.25) is 0 Å². The predicted octanol–water partition coefficient (Wildman–Crippen LogP) is 4.94. The predicted molar refractivity (Wildman–Crippen MR) is 80.8 cm³/mol. The molecule has 1 aromatic rings. The zero-order chi connectivity index (χ0) is 13.4. The topological polar surface area (TPSA) is 12.0 Å². The second-order valence-corrected chi connectivity index (χ2v) is 6.00. The van der Waals surface area contributed by atoms with Gasteiger partial charge in [0, 0.05) is 12.6 Å². The second kappa shape index (κ2) is 7.58. The van der Waals surface area contributed by atoms with Crippen LogP contribution >= 0.6 is 0 Å². The van der Waals surface area contributed by atoms with E-state index in [0.29, 0.717) is 11.5 Å². The van der Waals surface area contributed by atoms with Crippen molar-refractivity contribution in [2.45, 2.75) is 59.4 Å². The number of hydrogen-bond acceptors (Lipinski definition) is 1. The maximum atomic E-state index is 3.76. The Hall–Kier alpha value is -0.820. The van der Waals surface area contributed by atoms with Crippen molar-refractivity contribution in [1.82, 2.24) is 5.32 Å². The third-order valence-corrected chi connectivity index (χ3v) is 3.83. The Morgan fingerprint density at radius 1 is 1.11 bits per heavy atom. The number of nitrogens with one attached hydrogen (secondary N) is 1.